The molecule has 1 saturated heterocycles. The molecule has 7 nitrogen and oxygen atoms in total. The van der Waals surface area contributed by atoms with E-state index in [0.717, 1.165) is 25.0 Å². The van der Waals surface area contributed by atoms with Gasteiger partial charge in [-0.15, -0.1) is 0 Å². The molecule has 0 unspecified atom stereocenters. The van der Waals surface area contributed by atoms with Gasteiger partial charge in [0.2, 0.25) is 0 Å². The lowest BCUT2D eigenvalue weighted by Gasteiger charge is -2.27. The molecule has 128 valence electrons. The maximum absolute atomic E-state index is 13.7. The number of aromatic nitrogens is 2. The second-order valence-corrected chi connectivity index (χ2v) is 5.31. The summed E-state index contributed by atoms with van der Waals surface area (Å²) in [5.74, 6) is 0.190. The molecule has 8 heteroatoms. The normalized spacial score (nSPS) is 14.5. The molecule has 1 fully saturated rings. The number of nitrogens with zero attached hydrogens (tertiary/aromatic N) is 3. The lowest BCUT2D eigenvalue weighted by atomic mass is 10.0. The van der Waals surface area contributed by atoms with Crippen LogP contribution in [0.1, 0.15) is 12.7 Å². The third kappa shape index (κ3) is 3.13. The van der Waals surface area contributed by atoms with Gasteiger partial charge in [0.25, 0.3) is 0 Å². The van der Waals surface area contributed by atoms with Crippen molar-refractivity contribution in [3.8, 4) is 5.75 Å². The van der Waals surface area contributed by atoms with Crippen molar-refractivity contribution < 1.29 is 15.3 Å². The Morgan fingerprint density at radius 2 is 2.08 bits per heavy atom. The van der Waals surface area contributed by atoms with Gasteiger partial charge in [0, 0.05) is 37.9 Å². The van der Waals surface area contributed by atoms with E-state index in [9.17, 15) is 4.39 Å². The molecule has 0 spiro atoms. The van der Waals surface area contributed by atoms with E-state index in [0.29, 0.717) is 24.5 Å². The van der Waals surface area contributed by atoms with Gasteiger partial charge in [0.15, 0.2) is 11.6 Å². The van der Waals surface area contributed by atoms with Crippen molar-refractivity contribution in [2.24, 2.45) is 0 Å². The lowest BCUT2D eigenvalue weighted by molar-refractivity contribution is 0.122. The molecule has 2 aromatic rings. The van der Waals surface area contributed by atoms with Crippen LogP contribution in [0.4, 0.5) is 15.9 Å². The molecule has 1 aromatic carbocycles. The van der Waals surface area contributed by atoms with E-state index in [1.165, 1.54) is 19.5 Å². The molecular weight excluding hydrogens is 313 g/mol. The largest absolute Gasteiger partial charge is 0.494 e. The summed E-state index contributed by atoms with van der Waals surface area (Å²) in [6.07, 6.45) is 1.41. The number of hydrogen-bond donors (Lipinski definition) is 2. The van der Waals surface area contributed by atoms with Crippen LogP contribution in [0, 0.1) is 11.2 Å². The van der Waals surface area contributed by atoms with Crippen LogP contribution in [0.15, 0.2) is 24.5 Å². The van der Waals surface area contributed by atoms with E-state index in [2.05, 4.69) is 14.9 Å². The van der Waals surface area contributed by atoms with E-state index < -0.39 is 5.82 Å². The van der Waals surface area contributed by atoms with Gasteiger partial charge in [0.1, 0.15) is 12.1 Å². The van der Waals surface area contributed by atoms with Gasteiger partial charge in [-0.25, -0.2) is 14.4 Å². The number of benzene rings is 1. The fraction of sp³-hybridized carbons (Fsp3) is 0.312. The molecule has 24 heavy (non-hydrogen) atoms. The molecule has 3 rings (SSSR count). The highest BCUT2D eigenvalue weighted by atomic mass is 19.1. The number of ether oxygens (including phenoxy) is 2. The average molecular weight is 333 g/mol. The lowest BCUT2D eigenvalue weighted by Crippen LogP contribution is -2.36. The van der Waals surface area contributed by atoms with Gasteiger partial charge in [-0.2, -0.15) is 0 Å². The van der Waals surface area contributed by atoms with E-state index in [1.54, 1.807) is 6.07 Å². The van der Waals surface area contributed by atoms with E-state index in [-0.39, 0.29) is 18.6 Å². The molecule has 0 bridgehead atoms. The number of rotatable bonds is 4. The predicted octanol–water partition coefficient (Wildman–Crippen LogP) is 1.71. The number of morpholine rings is 1. The van der Waals surface area contributed by atoms with Gasteiger partial charge in [-0.05, 0) is 6.07 Å². The molecule has 0 atom stereocenters. The molecule has 1 aromatic heterocycles. The highest BCUT2D eigenvalue weighted by molar-refractivity contribution is 6.13. The third-order valence-electron chi connectivity index (χ3n) is 3.84. The quantitative estimate of drug-likeness (QED) is 0.653. The van der Waals surface area contributed by atoms with Crippen molar-refractivity contribution in [1.29, 1.82) is 5.41 Å². The van der Waals surface area contributed by atoms with Crippen molar-refractivity contribution in [2.75, 3.05) is 44.0 Å². The maximum Gasteiger partial charge on any atom is 0.167 e. The Hall–Kier alpha value is -2.74. The van der Waals surface area contributed by atoms with Crippen LogP contribution in [0.2, 0.25) is 0 Å². The van der Waals surface area contributed by atoms with Crippen molar-refractivity contribution >= 4 is 17.2 Å². The Kier molecular flexibility index (Phi) is 4.57. The SMILES string of the molecule is COc1cc(C(=N)c2cc(N3CCOCC3)ncn2)c(N)cc1F.[HH]. The van der Waals surface area contributed by atoms with Crippen molar-refractivity contribution in [2.45, 2.75) is 0 Å². The number of hydrogen-bond acceptors (Lipinski definition) is 7. The van der Waals surface area contributed by atoms with Crippen LogP contribution >= 0.6 is 0 Å². The van der Waals surface area contributed by atoms with Crippen molar-refractivity contribution in [3.63, 3.8) is 0 Å². The third-order valence-corrected chi connectivity index (χ3v) is 3.84. The molecule has 3 N–H and O–H groups in total. The molecule has 1 aliphatic rings. The summed E-state index contributed by atoms with van der Waals surface area (Å²) in [6, 6.07) is 4.28. The molecule has 0 amide bonds. The summed E-state index contributed by atoms with van der Waals surface area (Å²) in [7, 11) is 1.36. The van der Waals surface area contributed by atoms with Crippen LogP contribution in [-0.4, -0.2) is 49.1 Å². The standard InChI is InChI=1S/C16H18FN5O2.H2/c1-23-14-6-10(12(18)7-11(14)17)16(19)13-8-15(21-9-20-13)22-2-4-24-5-3-22;/h6-9,19H,2-5,18H2,1H3;1H. The van der Waals surface area contributed by atoms with E-state index in [1.807, 2.05) is 0 Å². The highest BCUT2D eigenvalue weighted by Gasteiger charge is 2.17. The average Bonchev–Trinajstić information content (AvgIpc) is 2.62. The zero-order valence-corrected chi connectivity index (χ0v) is 13.3. The van der Waals surface area contributed by atoms with E-state index in [4.69, 9.17) is 20.6 Å². The first-order valence-corrected chi connectivity index (χ1v) is 7.47. The minimum atomic E-state index is -0.566. The minimum Gasteiger partial charge on any atom is -0.494 e. The summed E-state index contributed by atoms with van der Waals surface area (Å²) < 4.78 is 24.0. The minimum absolute atomic E-state index is 0. The number of nitrogen functional groups attached to an aromatic ring is 1. The Bertz CT molecular complexity index is 768. The van der Waals surface area contributed by atoms with Crippen molar-refractivity contribution in [3.05, 3.63) is 41.6 Å². The van der Waals surface area contributed by atoms with Gasteiger partial charge in [-0.1, -0.05) is 0 Å². The fourth-order valence-electron chi connectivity index (χ4n) is 2.53. The molecule has 2 heterocycles. The number of methoxy groups -OCH3 is 1. The van der Waals surface area contributed by atoms with Gasteiger partial charge in [-0.3, -0.25) is 5.41 Å². The second kappa shape index (κ2) is 6.79. The first-order chi connectivity index (χ1) is 11.6. The Morgan fingerprint density at radius 1 is 1.33 bits per heavy atom. The van der Waals surface area contributed by atoms with Crippen LogP contribution in [-0.2, 0) is 4.74 Å². The summed E-state index contributed by atoms with van der Waals surface area (Å²) in [5.41, 5.74) is 6.87. The van der Waals surface area contributed by atoms with Crippen LogP contribution in [0.5, 0.6) is 5.75 Å². The first-order valence-electron chi connectivity index (χ1n) is 7.47. The summed E-state index contributed by atoms with van der Waals surface area (Å²) in [4.78, 5) is 10.5. The Balaban J connectivity index is 0.00000225. The topological polar surface area (TPSA) is 97.3 Å². The smallest absolute Gasteiger partial charge is 0.167 e. The Labute approximate surface area is 140 Å². The first kappa shape index (κ1) is 16.1. The zero-order chi connectivity index (χ0) is 17.1. The van der Waals surface area contributed by atoms with Gasteiger partial charge >= 0.3 is 0 Å². The summed E-state index contributed by atoms with van der Waals surface area (Å²) in [5, 5.41) is 8.37. The summed E-state index contributed by atoms with van der Waals surface area (Å²) >= 11 is 0. The monoisotopic (exact) mass is 333 g/mol. The molecular formula is C16H20FN5O2. The number of nitrogens with two attached hydrogens (primary N) is 1. The predicted molar refractivity (Wildman–Crippen MR) is 90.5 cm³/mol. The number of halogens is 1. The van der Waals surface area contributed by atoms with Crippen LogP contribution in [0.25, 0.3) is 0 Å². The summed E-state index contributed by atoms with van der Waals surface area (Å²) in [6.45, 7) is 2.74. The zero-order valence-electron chi connectivity index (χ0n) is 13.3. The number of anilines is 2. The molecule has 1 aliphatic heterocycles. The molecule has 0 aliphatic carbocycles. The van der Waals surface area contributed by atoms with Crippen LogP contribution < -0.4 is 15.4 Å². The molecule has 0 saturated carbocycles. The maximum atomic E-state index is 13.7. The fourth-order valence-corrected chi connectivity index (χ4v) is 2.53. The van der Waals surface area contributed by atoms with Gasteiger partial charge < -0.3 is 20.1 Å². The second-order valence-electron chi connectivity index (χ2n) is 5.31. The van der Waals surface area contributed by atoms with Gasteiger partial charge in [0.05, 0.1) is 31.7 Å². The van der Waals surface area contributed by atoms with Crippen molar-refractivity contribution in [1.82, 2.24) is 9.97 Å². The Morgan fingerprint density at radius 3 is 2.79 bits per heavy atom. The highest BCUT2D eigenvalue weighted by Crippen LogP contribution is 2.26. The number of nitrogens with one attached hydrogen (secondary N) is 1. The van der Waals surface area contributed by atoms with E-state index >= 15 is 0 Å². The molecule has 0 radical (unpaired) electrons. The van der Waals surface area contributed by atoms with Crippen LogP contribution in [0.3, 0.4) is 0 Å².